The Morgan fingerprint density at radius 1 is 0.864 bits per heavy atom. The molecular weight excluding hydrogens is 785 g/mol. The van der Waals surface area contributed by atoms with E-state index in [1.54, 1.807) is 46.1 Å². The Morgan fingerprint density at radius 3 is 2.03 bits per heavy atom. The Hall–Kier alpha value is -4.25. The van der Waals surface area contributed by atoms with Gasteiger partial charge in [0.2, 0.25) is 13.4 Å². The minimum Gasteiger partial charge on any atom is -0.464 e. The van der Waals surface area contributed by atoms with Gasteiger partial charge in [0.25, 0.3) is 0 Å². The lowest BCUT2D eigenvalue weighted by Gasteiger charge is -2.35. The smallest absolute Gasteiger partial charge is 0.326 e. The highest BCUT2D eigenvalue weighted by molar-refractivity contribution is 7.59. The van der Waals surface area contributed by atoms with Crippen LogP contribution >= 0.6 is 7.44 Å². The molecule has 3 N–H and O–H groups in total. The summed E-state index contributed by atoms with van der Waals surface area (Å²) < 4.78 is 43.8. The van der Waals surface area contributed by atoms with Crippen molar-refractivity contribution in [2.45, 2.75) is 156 Å². The highest BCUT2D eigenvalue weighted by Crippen LogP contribution is 2.42. The second-order valence-corrected chi connectivity index (χ2v) is 18.1. The number of carbonyl (C=O) groups is 5. The van der Waals surface area contributed by atoms with Crippen LogP contribution in [0.15, 0.2) is 24.0 Å². The highest BCUT2D eigenvalue weighted by atomic mass is 31.2. The zero-order valence-electron chi connectivity index (χ0n) is 36.0. The summed E-state index contributed by atoms with van der Waals surface area (Å²) in [6, 6.07) is 0. The first-order valence-corrected chi connectivity index (χ1v) is 22.4. The van der Waals surface area contributed by atoms with Crippen molar-refractivity contribution in [2.75, 3.05) is 31.5 Å². The lowest BCUT2D eigenvalue weighted by molar-refractivity contribution is -0.149. The molecular formula is C40H64N7O11P. The van der Waals surface area contributed by atoms with E-state index in [-0.39, 0.29) is 63.8 Å². The molecule has 1 amide bonds. The van der Waals surface area contributed by atoms with Gasteiger partial charge in [0, 0.05) is 12.8 Å². The topological polar surface area (TPSA) is 228 Å². The summed E-state index contributed by atoms with van der Waals surface area (Å²) in [4.78, 5) is 75.6. The zero-order valence-corrected chi connectivity index (χ0v) is 36.9. The first-order chi connectivity index (χ1) is 27.9. The van der Waals surface area contributed by atoms with Crippen LogP contribution in [0.25, 0.3) is 11.2 Å². The maximum Gasteiger partial charge on any atom is 0.326 e. The largest absolute Gasteiger partial charge is 0.464 e. The second kappa shape index (κ2) is 23.5. The van der Waals surface area contributed by atoms with Gasteiger partial charge in [-0.25, -0.2) is 25.1 Å². The number of amides is 1. The zero-order chi connectivity index (χ0) is 43.6. The quantitative estimate of drug-likeness (QED) is 0.0373. The number of rotatable bonds is 28. The van der Waals surface area contributed by atoms with Crippen LogP contribution in [0.3, 0.4) is 0 Å². The van der Waals surface area contributed by atoms with Crippen LogP contribution < -0.4 is 15.5 Å². The summed E-state index contributed by atoms with van der Waals surface area (Å²) in [7, 11) is -3.89. The molecule has 0 unspecified atom stereocenters. The van der Waals surface area contributed by atoms with Gasteiger partial charge < -0.3 is 33.6 Å². The third kappa shape index (κ3) is 16.4. The van der Waals surface area contributed by atoms with Gasteiger partial charge in [-0.3, -0.25) is 28.5 Å². The summed E-state index contributed by atoms with van der Waals surface area (Å²) in [5, 5.41) is 8.60. The Kier molecular flexibility index (Phi) is 19.6. The number of fused-ring (bicyclic) bond motifs is 1. The van der Waals surface area contributed by atoms with E-state index in [4.69, 9.17) is 23.7 Å². The molecule has 19 heteroatoms. The summed E-state index contributed by atoms with van der Waals surface area (Å²) >= 11 is 0. The van der Waals surface area contributed by atoms with Crippen molar-refractivity contribution in [3.8, 4) is 0 Å². The first-order valence-electron chi connectivity index (χ1n) is 20.5. The molecule has 18 nitrogen and oxygen atoms in total. The molecule has 0 saturated heterocycles. The molecule has 0 saturated carbocycles. The molecule has 1 aliphatic heterocycles. The average molecular weight is 850 g/mol. The Morgan fingerprint density at radius 2 is 1.47 bits per heavy atom. The number of ether oxygens (including phenoxy) is 5. The van der Waals surface area contributed by atoms with Crippen molar-refractivity contribution >= 4 is 54.2 Å². The molecule has 2 aromatic heterocycles. The second-order valence-electron chi connectivity index (χ2n) is 15.9. The molecule has 1 aliphatic rings. The number of carbonyl (C=O) groups excluding carboxylic acids is 5. The fraction of sp³-hybridized carbons (Fsp3) is 0.700. The number of hydrogen-bond acceptors (Lipinski definition) is 14. The van der Waals surface area contributed by atoms with E-state index in [0.717, 1.165) is 44.1 Å². The Labute approximate surface area is 347 Å². The van der Waals surface area contributed by atoms with Crippen LogP contribution in [-0.4, -0.2) is 92.7 Å². The molecule has 1 atom stereocenters. The van der Waals surface area contributed by atoms with Crippen molar-refractivity contribution in [3.05, 3.63) is 24.0 Å². The summed E-state index contributed by atoms with van der Waals surface area (Å²) in [5.74, 6) is -1.97. The van der Waals surface area contributed by atoms with Crippen molar-refractivity contribution in [1.82, 2.24) is 29.7 Å². The van der Waals surface area contributed by atoms with Crippen LogP contribution in [0, 0.1) is 0 Å². The molecule has 0 fully saturated rings. The third-order valence-electron chi connectivity index (χ3n) is 9.33. The fourth-order valence-corrected chi connectivity index (χ4v) is 8.68. The summed E-state index contributed by atoms with van der Waals surface area (Å²) in [5.41, 5.74) is -1.38. The maximum atomic E-state index is 14.7. The van der Waals surface area contributed by atoms with Crippen LogP contribution in [0.1, 0.15) is 132 Å². The molecule has 0 spiro atoms. The van der Waals surface area contributed by atoms with E-state index < -0.39 is 54.8 Å². The van der Waals surface area contributed by atoms with Gasteiger partial charge in [-0.1, -0.05) is 52.4 Å². The van der Waals surface area contributed by atoms with Crippen molar-refractivity contribution in [2.24, 2.45) is 0 Å². The third-order valence-corrected chi connectivity index (χ3v) is 11.7. The van der Waals surface area contributed by atoms with Gasteiger partial charge in [-0.15, -0.1) is 0 Å². The van der Waals surface area contributed by atoms with Gasteiger partial charge in [-0.2, -0.15) is 0 Å². The minimum atomic E-state index is -3.89. The number of aromatic nitrogens is 4. The van der Waals surface area contributed by atoms with Crippen LogP contribution in [0.4, 0.5) is 5.82 Å². The van der Waals surface area contributed by atoms with Gasteiger partial charge in [-0.05, 0) is 66.4 Å². The van der Waals surface area contributed by atoms with Crippen molar-refractivity contribution in [3.63, 3.8) is 0 Å². The molecule has 3 rings (SSSR count). The van der Waals surface area contributed by atoms with Gasteiger partial charge >= 0.3 is 23.9 Å². The lowest BCUT2D eigenvalue weighted by atomic mass is 10.1. The number of nitrogens with zero attached hydrogens (tertiary/aromatic N) is 4. The summed E-state index contributed by atoms with van der Waals surface area (Å²) in [6.45, 7) is 14.5. The Balaban J connectivity index is 1.63. The molecule has 0 aliphatic carbocycles. The predicted octanol–water partition coefficient (Wildman–Crippen LogP) is 6.24. The van der Waals surface area contributed by atoms with E-state index in [1.165, 1.54) is 12.7 Å². The molecule has 59 heavy (non-hydrogen) atoms. The summed E-state index contributed by atoms with van der Waals surface area (Å²) in [6.07, 6.45) is 9.60. The number of esters is 4. The predicted molar refractivity (Wildman–Crippen MR) is 220 cm³/mol. The van der Waals surface area contributed by atoms with Crippen LogP contribution in [-0.2, 0) is 58.8 Å². The molecule has 0 aromatic carbocycles. The number of imidazole rings is 1. The number of cyclic esters (lactones) is 1. The normalized spacial score (nSPS) is 14.0. The Bertz CT molecular complexity index is 1780. The van der Waals surface area contributed by atoms with Crippen molar-refractivity contribution in [1.29, 1.82) is 0 Å². The van der Waals surface area contributed by atoms with Gasteiger partial charge in [0.05, 0.1) is 38.6 Å². The SMILES string of the molecule is CCCCCCOC(=O)C(C)(C)NP(=O)(CO[C@H](C)Cn1cnc2c(NC(=O)CCCC(=O)OCC3=C(C)CC(=O)O3)ncnc21)NC(C)(C)C(=O)OCCCCCC. The van der Waals surface area contributed by atoms with Crippen LogP contribution in [0.5, 0.6) is 0 Å². The number of anilines is 1. The first kappa shape index (κ1) is 49.1. The molecule has 0 radical (unpaired) electrons. The highest BCUT2D eigenvalue weighted by Gasteiger charge is 2.43. The van der Waals surface area contributed by atoms with E-state index >= 15 is 0 Å². The van der Waals surface area contributed by atoms with E-state index in [0.29, 0.717) is 29.8 Å². The standard InChI is InChI=1S/C40H64N7O11P/c1-9-11-13-15-20-54-37(51)39(5,6)45-59(53,46-40(7,8)38(52)55-21-16-14-12-10-2)27-57-29(4)23-47-26-43-34-35(41-25-42-36(34)47)44-31(48)18-17-19-32(49)56-24-30-28(3)22-33(50)58-30/h25-26,29H,9-24,27H2,1-8H3,(H2,45,46,53)(H,41,42,44,48)/t29-/m1/s1. The average Bonchev–Trinajstić information content (AvgIpc) is 3.73. The molecule has 330 valence electrons. The molecule has 3 heterocycles. The van der Waals surface area contributed by atoms with Crippen LogP contribution in [0.2, 0.25) is 0 Å². The van der Waals surface area contributed by atoms with E-state index in [1.807, 2.05) is 0 Å². The van der Waals surface area contributed by atoms with Gasteiger partial charge in [0.1, 0.15) is 36.1 Å². The molecule has 2 aromatic rings. The molecule has 0 bridgehead atoms. The van der Waals surface area contributed by atoms with Crippen molar-refractivity contribution < 1.29 is 52.2 Å². The maximum absolute atomic E-state index is 14.7. The van der Waals surface area contributed by atoms with E-state index in [2.05, 4.69) is 44.3 Å². The number of nitrogens with one attached hydrogen (secondary N) is 3. The lowest BCUT2D eigenvalue weighted by Crippen LogP contribution is -2.54. The number of hydrogen-bond donors (Lipinski definition) is 3. The van der Waals surface area contributed by atoms with E-state index in [9.17, 15) is 28.5 Å². The monoisotopic (exact) mass is 849 g/mol. The van der Waals surface area contributed by atoms with Gasteiger partial charge in [0.15, 0.2) is 17.0 Å². The minimum absolute atomic E-state index is 0.00594. The number of unbranched alkanes of at least 4 members (excludes halogenated alkanes) is 6. The fourth-order valence-electron chi connectivity index (χ4n) is 6.04.